The molecular formula is C16H31N3O. The number of nitrogens with zero attached hydrogens (tertiary/aromatic N) is 2. The Bertz CT molecular complexity index is 288. The van der Waals surface area contributed by atoms with E-state index in [1.54, 1.807) is 7.11 Å². The lowest BCUT2D eigenvalue weighted by Crippen LogP contribution is -2.60. The molecule has 3 aliphatic heterocycles. The molecule has 0 saturated carbocycles. The van der Waals surface area contributed by atoms with Crippen LogP contribution < -0.4 is 5.32 Å². The summed E-state index contributed by atoms with van der Waals surface area (Å²) in [6, 6.07) is 0. The predicted octanol–water partition coefficient (Wildman–Crippen LogP) is 1.03. The molecule has 1 N–H and O–H groups in total. The van der Waals surface area contributed by atoms with Crippen molar-refractivity contribution >= 4 is 0 Å². The first-order chi connectivity index (χ1) is 9.80. The topological polar surface area (TPSA) is 27.7 Å². The summed E-state index contributed by atoms with van der Waals surface area (Å²) in [5.74, 6) is 0.938. The minimum absolute atomic E-state index is 0.699. The molecule has 0 aromatic heterocycles. The van der Waals surface area contributed by atoms with Gasteiger partial charge in [-0.1, -0.05) is 0 Å². The minimum atomic E-state index is 0.699. The van der Waals surface area contributed by atoms with Crippen molar-refractivity contribution in [2.24, 2.45) is 11.3 Å². The van der Waals surface area contributed by atoms with E-state index in [-0.39, 0.29) is 0 Å². The number of rotatable bonds is 5. The van der Waals surface area contributed by atoms with Crippen molar-refractivity contribution in [3.8, 4) is 0 Å². The Morgan fingerprint density at radius 1 is 1.10 bits per heavy atom. The van der Waals surface area contributed by atoms with E-state index in [9.17, 15) is 0 Å². The van der Waals surface area contributed by atoms with Crippen LogP contribution >= 0.6 is 0 Å². The summed E-state index contributed by atoms with van der Waals surface area (Å²) in [6.07, 6.45) is 5.57. The molecule has 3 aliphatic rings. The van der Waals surface area contributed by atoms with Crippen molar-refractivity contribution < 1.29 is 4.74 Å². The second kappa shape index (κ2) is 6.73. The van der Waals surface area contributed by atoms with Gasteiger partial charge in [0.05, 0.1) is 6.61 Å². The second-order valence-electron chi connectivity index (χ2n) is 7.20. The second-order valence-corrected chi connectivity index (χ2v) is 7.20. The molecule has 3 rings (SSSR count). The Balaban J connectivity index is 1.33. The van der Waals surface area contributed by atoms with Gasteiger partial charge >= 0.3 is 0 Å². The first kappa shape index (κ1) is 14.8. The number of methoxy groups -OCH3 is 1. The largest absolute Gasteiger partial charge is 0.383 e. The van der Waals surface area contributed by atoms with Crippen molar-refractivity contribution in [1.29, 1.82) is 0 Å². The van der Waals surface area contributed by atoms with Crippen molar-refractivity contribution in [3.05, 3.63) is 0 Å². The zero-order valence-electron chi connectivity index (χ0n) is 13.1. The van der Waals surface area contributed by atoms with Gasteiger partial charge in [-0.05, 0) is 63.2 Å². The zero-order valence-corrected chi connectivity index (χ0v) is 13.1. The van der Waals surface area contributed by atoms with Gasteiger partial charge in [-0.15, -0.1) is 0 Å². The van der Waals surface area contributed by atoms with Crippen molar-refractivity contribution in [2.45, 2.75) is 25.7 Å². The SMILES string of the molecule is COCCN1CCC(CN2CC3(CCNCC3)C2)CC1. The highest BCUT2D eigenvalue weighted by Gasteiger charge is 2.43. The zero-order chi connectivity index (χ0) is 13.8. The summed E-state index contributed by atoms with van der Waals surface area (Å²) in [5, 5.41) is 3.49. The summed E-state index contributed by atoms with van der Waals surface area (Å²) in [5.41, 5.74) is 0.699. The molecule has 3 saturated heterocycles. The first-order valence-electron chi connectivity index (χ1n) is 8.44. The monoisotopic (exact) mass is 281 g/mol. The fourth-order valence-corrected chi connectivity index (χ4v) is 4.28. The maximum absolute atomic E-state index is 5.17. The van der Waals surface area contributed by atoms with Crippen molar-refractivity contribution in [3.63, 3.8) is 0 Å². The van der Waals surface area contributed by atoms with Crippen LogP contribution in [0.5, 0.6) is 0 Å². The molecule has 0 amide bonds. The number of hydrogen-bond acceptors (Lipinski definition) is 4. The lowest BCUT2D eigenvalue weighted by Gasteiger charge is -2.53. The summed E-state index contributed by atoms with van der Waals surface area (Å²) in [4.78, 5) is 5.28. The Labute approximate surface area is 123 Å². The van der Waals surface area contributed by atoms with Gasteiger partial charge in [-0.3, -0.25) is 0 Å². The van der Waals surface area contributed by atoms with E-state index in [1.807, 2.05) is 0 Å². The highest BCUT2D eigenvalue weighted by Crippen LogP contribution is 2.39. The van der Waals surface area contributed by atoms with Crippen LogP contribution in [0.2, 0.25) is 0 Å². The average Bonchev–Trinajstić information content (AvgIpc) is 2.46. The fraction of sp³-hybridized carbons (Fsp3) is 1.00. The van der Waals surface area contributed by atoms with Crippen molar-refractivity contribution in [1.82, 2.24) is 15.1 Å². The molecular weight excluding hydrogens is 250 g/mol. The number of likely N-dealkylation sites (tertiary alicyclic amines) is 2. The highest BCUT2D eigenvalue weighted by atomic mass is 16.5. The van der Waals surface area contributed by atoms with E-state index in [4.69, 9.17) is 4.74 Å². The summed E-state index contributed by atoms with van der Waals surface area (Å²) in [6.45, 7) is 11.1. The van der Waals surface area contributed by atoms with Gasteiger partial charge < -0.3 is 19.9 Å². The molecule has 3 fully saturated rings. The van der Waals surface area contributed by atoms with Crippen LogP contribution in [0.15, 0.2) is 0 Å². The van der Waals surface area contributed by atoms with Gasteiger partial charge in [-0.25, -0.2) is 0 Å². The maximum atomic E-state index is 5.17. The quantitative estimate of drug-likeness (QED) is 0.815. The third-order valence-electron chi connectivity index (χ3n) is 5.62. The third-order valence-corrected chi connectivity index (χ3v) is 5.62. The summed E-state index contributed by atoms with van der Waals surface area (Å²) >= 11 is 0. The Hall–Kier alpha value is -0.160. The van der Waals surface area contributed by atoms with Gasteiger partial charge in [0.2, 0.25) is 0 Å². The fourth-order valence-electron chi connectivity index (χ4n) is 4.28. The van der Waals surface area contributed by atoms with E-state index in [0.29, 0.717) is 5.41 Å². The Morgan fingerprint density at radius 3 is 2.45 bits per heavy atom. The molecule has 0 aromatic carbocycles. The van der Waals surface area contributed by atoms with Crippen LogP contribution in [0.25, 0.3) is 0 Å². The van der Waals surface area contributed by atoms with Gasteiger partial charge in [0.15, 0.2) is 0 Å². The smallest absolute Gasteiger partial charge is 0.0589 e. The Morgan fingerprint density at radius 2 is 1.80 bits per heavy atom. The average molecular weight is 281 g/mol. The van der Waals surface area contributed by atoms with Crippen LogP contribution in [-0.4, -0.2) is 75.9 Å². The van der Waals surface area contributed by atoms with Gasteiger partial charge in [-0.2, -0.15) is 0 Å². The Kier molecular flexibility index (Phi) is 4.97. The van der Waals surface area contributed by atoms with Gasteiger partial charge in [0.25, 0.3) is 0 Å². The van der Waals surface area contributed by atoms with E-state index >= 15 is 0 Å². The van der Waals surface area contributed by atoms with Gasteiger partial charge in [0.1, 0.15) is 0 Å². The molecule has 0 unspecified atom stereocenters. The highest BCUT2D eigenvalue weighted by molar-refractivity contribution is 4.98. The van der Waals surface area contributed by atoms with Crippen LogP contribution in [0.3, 0.4) is 0 Å². The normalized spacial score (nSPS) is 28.6. The lowest BCUT2D eigenvalue weighted by molar-refractivity contribution is -0.0368. The minimum Gasteiger partial charge on any atom is -0.383 e. The molecule has 4 heteroatoms. The van der Waals surface area contributed by atoms with E-state index in [1.165, 1.54) is 71.5 Å². The van der Waals surface area contributed by atoms with Crippen LogP contribution in [0.1, 0.15) is 25.7 Å². The first-order valence-corrected chi connectivity index (χ1v) is 8.44. The van der Waals surface area contributed by atoms with E-state index < -0.39 is 0 Å². The molecule has 116 valence electrons. The maximum Gasteiger partial charge on any atom is 0.0589 e. The number of ether oxygens (including phenoxy) is 1. The van der Waals surface area contributed by atoms with Crippen molar-refractivity contribution in [2.75, 3.05) is 66.1 Å². The number of piperidine rings is 2. The molecule has 0 radical (unpaired) electrons. The molecule has 3 heterocycles. The third kappa shape index (κ3) is 3.53. The van der Waals surface area contributed by atoms with Crippen LogP contribution in [0.4, 0.5) is 0 Å². The molecule has 0 atom stereocenters. The molecule has 0 aromatic rings. The number of hydrogen-bond donors (Lipinski definition) is 1. The summed E-state index contributed by atoms with van der Waals surface area (Å²) in [7, 11) is 1.80. The molecule has 0 aliphatic carbocycles. The molecule has 1 spiro atoms. The van der Waals surface area contributed by atoms with Crippen LogP contribution in [0, 0.1) is 11.3 Å². The van der Waals surface area contributed by atoms with E-state index in [2.05, 4.69) is 15.1 Å². The van der Waals surface area contributed by atoms with Gasteiger partial charge in [0, 0.05) is 33.3 Å². The number of nitrogens with one attached hydrogen (secondary N) is 1. The predicted molar refractivity (Wildman–Crippen MR) is 82.0 cm³/mol. The lowest BCUT2D eigenvalue weighted by atomic mass is 9.72. The molecule has 4 nitrogen and oxygen atoms in total. The molecule has 0 bridgehead atoms. The standard InChI is InChI=1S/C16H31N3O/c1-20-11-10-18-8-2-15(3-9-18)12-19-13-16(14-19)4-6-17-7-5-16/h15,17H,2-14H2,1H3. The van der Waals surface area contributed by atoms with Crippen LogP contribution in [-0.2, 0) is 4.74 Å². The summed E-state index contributed by atoms with van der Waals surface area (Å²) < 4.78 is 5.17. The molecule has 20 heavy (non-hydrogen) atoms. The van der Waals surface area contributed by atoms with E-state index in [0.717, 1.165) is 19.1 Å².